The van der Waals surface area contributed by atoms with Gasteiger partial charge in [-0.3, -0.25) is 4.99 Å². The van der Waals surface area contributed by atoms with Crippen LogP contribution in [-0.4, -0.2) is 25.1 Å². The Balaban J connectivity index is 0.00000242. The summed E-state index contributed by atoms with van der Waals surface area (Å²) in [6.07, 6.45) is 1.20. The largest absolute Gasteiger partial charge is 0.357 e. The van der Waals surface area contributed by atoms with Gasteiger partial charge in [-0.1, -0.05) is 39.0 Å². The van der Waals surface area contributed by atoms with Crippen molar-refractivity contribution in [1.29, 1.82) is 0 Å². The number of aliphatic imine (C=N–C) groups is 1. The number of rotatable bonds is 5. The zero-order chi connectivity index (χ0) is 15.5. The molecule has 0 amide bonds. The van der Waals surface area contributed by atoms with Crippen molar-refractivity contribution < 1.29 is 4.39 Å². The molecule has 1 aromatic rings. The van der Waals surface area contributed by atoms with Crippen molar-refractivity contribution in [1.82, 2.24) is 10.6 Å². The van der Waals surface area contributed by atoms with Gasteiger partial charge in [0.15, 0.2) is 5.96 Å². The molecule has 2 N–H and O–H groups in total. The molecule has 1 aliphatic carbocycles. The zero-order valence-corrected chi connectivity index (χ0v) is 16.1. The first kappa shape index (κ1) is 19.2. The monoisotopic (exact) mass is 419 g/mol. The SMILES string of the molecule is CCNC(=NCC(C)(C)c1ccccc1F)NC1CC1C.I. The fourth-order valence-corrected chi connectivity index (χ4v) is 2.39. The Morgan fingerprint density at radius 1 is 1.36 bits per heavy atom. The molecule has 1 aromatic carbocycles. The number of nitrogens with zero attached hydrogens (tertiary/aromatic N) is 1. The quantitative estimate of drug-likeness (QED) is 0.434. The summed E-state index contributed by atoms with van der Waals surface area (Å²) in [6.45, 7) is 9.70. The van der Waals surface area contributed by atoms with Crippen LogP contribution in [0.1, 0.15) is 39.7 Å². The van der Waals surface area contributed by atoms with Crippen LogP contribution in [0.15, 0.2) is 29.3 Å². The van der Waals surface area contributed by atoms with Crippen molar-refractivity contribution in [3.8, 4) is 0 Å². The molecule has 1 fully saturated rings. The molecule has 2 rings (SSSR count). The Hall–Kier alpha value is -0.850. The molecule has 22 heavy (non-hydrogen) atoms. The molecule has 124 valence electrons. The summed E-state index contributed by atoms with van der Waals surface area (Å²) in [5.74, 6) is 1.39. The van der Waals surface area contributed by atoms with E-state index in [1.807, 2.05) is 26.0 Å². The van der Waals surface area contributed by atoms with Gasteiger partial charge in [0, 0.05) is 18.0 Å². The number of hydrogen-bond donors (Lipinski definition) is 2. The molecule has 3 nitrogen and oxygen atoms in total. The molecular formula is C17H27FIN3. The first-order valence-corrected chi connectivity index (χ1v) is 7.74. The molecule has 1 aliphatic rings. The first-order valence-electron chi connectivity index (χ1n) is 7.74. The van der Waals surface area contributed by atoms with Crippen LogP contribution < -0.4 is 10.6 Å². The van der Waals surface area contributed by atoms with E-state index in [-0.39, 0.29) is 35.2 Å². The third kappa shape index (κ3) is 5.11. The minimum Gasteiger partial charge on any atom is -0.357 e. The van der Waals surface area contributed by atoms with Gasteiger partial charge in [0.2, 0.25) is 0 Å². The zero-order valence-electron chi connectivity index (χ0n) is 13.8. The van der Waals surface area contributed by atoms with Gasteiger partial charge in [0.05, 0.1) is 6.54 Å². The highest BCUT2D eigenvalue weighted by Crippen LogP contribution is 2.29. The second-order valence-corrected chi connectivity index (χ2v) is 6.52. The van der Waals surface area contributed by atoms with E-state index < -0.39 is 0 Å². The number of benzene rings is 1. The van der Waals surface area contributed by atoms with E-state index in [4.69, 9.17) is 0 Å². The van der Waals surface area contributed by atoms with E-state index in [0.717, 1.165) is 12.5 Å². The van der Waals surface area contributed by atoms with Crippen molar-refractivity contribution in [3.05, 3.63) is 35.6 Å². The normalized spacial score (nSPS) is 21.0. The third-order valence-corrected chi connectivity index (χ3v) is 4.01. The van der Waals surface area contributed by atoms with Gasteiger partial charge in [-0.25, -0.2) is 4.39 Å². The molecule has 2 atom stereocenters. The maximum Gasteiger partial charge on any atom is 0.191 e. The van der Waals surface area contributed by atoms with Crippen molar-refractivity contribution in [3.63, 3.8) is 0 Å². The van der Waals surface area contributed by atoms with E-state index in [0.29, 0.717) is 24.1 Å². The van der Waals surface area contributed by atoms with Crippen LogP contribution in [0.4, 0.5) is 4.39 Å². The van der Waals surface area contributed by atoms with Crippen LogP contribution in [0.3, 0.4) is 0 Å². The Kier molecular flexibility index (Phi) is 7.09. The second kappa shape index (κ2) is 8.13. The predicted molar refractivity (Wildman–Crippen MR) is 102 cm³/mol. The van der Waals surface area contributed by atoms with Gasteiger partial charge in [-0.15, -0.1) is 24.0 Å². The molecule has 0 bridgehead atoms. The van der Waals surface area contributed by atoms with E-state index in [1.54, 1.807) is 6.07 Å². The van der Waals surface area contributed by atoms with E-state index in [9.17, 15) is 4.39 Å². The van der Waals surface area contributed by atoms with Crippen LogP contribution in [0.5, 0.6) is 0 Å². The minimum atomic E-state index is -0.330. The van der Waals surface area contributed by atoms with Gasteiger partial charge >= 0.3 is 0 Å². The lowest BCUT2D eigenvalue weighted by Gasteiger charge is -2.24. The Morgan fingerprint density at radius 2 is 2.00 bits per heavy atom. The minimum absolute atomic E-state index is 0. The summed E-state index contributed by atoms with van der Waals surface area (Å²) in [6, 6.07) is 7.47. The standard InChI is InChI=1S/C17H26FN3.HI/c1-5-19-16(21-15-10-12(15)2)20-11-17(3,4)13-8-6-7-9-14(13)18;/h6-9,12,15H,5,10-11H2,1-4H3,(H2,19,20,21);1H. The Morgan fingerprint density at radius 3 is 2.55 bits per heavy atom. The molecule has 5 heteroatoms. The highest BCUT2D eigenvalue weighted by atomic mass is 127. The summed E-state index contributed by atoms with van der Waals surface area (Å²) in [5, 5.41) is 6.68. The van der Waals surface area contributed by atoms with Crippen molar-refractivity contribution in [2.24, 2.45) is 10.9 Å². The lowest BCUT2D eigenvalue weighted by molar-refractivity contribution is 0.492. The van der Waals surface area contributed by atoms with Crippen LogP contribution in [0, 0.1) is 11.7 Å². The third-order valence-electron chi connectivity index (χ3n) is 4.01. The number of hydrogen-bond acceptors (Lipinski definition) is 1. The topological polar surface area (TPSA) is 36.4 Å². The Bertz CT molecular complexity index is 516. The highest BCUT2D eigenvalue weighted by Gasteiger charge is 2.33. The number of halogens is 2. The maximum absolute atomic E-state index is 13.9. The van der Waals surface area contributed by atoms with Crippen LogP contribution >= 0.6 is 24.0 Å². The fourth-order valence-electron chi connectivity index (χ4n) is 2.39. The molecule has 0 spiro atoms. The van der Waals surface area contributed by atoms with Crippen molar-refractivity contribution in [2.75, 3.05) is 13.1 Å². The summed E-state index contributed by atoms with van der Waals surface area (Å²) < 4.78 is 13.9. The summed E-state index contributed by atoms with van der Waals surface area (Å²) >= 11 is 0. The molecule has 0 aliphatic heterocycles. The summed E-state index contributed by atoms with van der Waals surface area (Å²) in [4.78, 5) is 4.64. The fraction of sp³-hybridized carbons (Fsp3) is 0.588. The van der Waals surface area contributed by atoms with Gasteiger partial charge < -0.3 is 10.6 Å². The van der Waals surface area contributed by atoms with Crippen LogP contribution in [-0.2, 0) is 5.41 Å². The average Bonchev–Trinajstić information content (AvgIpc) is 3.12. The van der Waals surface area contributed by atoms with E-state index in [1.165, 1.54) is 12.5 Å². The Labute approximate surface area is 150 Å². The predicted octanol–water partition coefficient (Wildman–Crippen LogP) is 3.68. The number of nitrogens with one attached hydrogen (secondary N) is 2. The summed E-state index contributed by atoms with van der Waals surface area (Å²) in [7, 11) is 0. The average molecular weight is 419 g/mol. The second-order valence-electron chi connectivity index (χ2n) is 6.52. The number of guanidine groups is 1. The molecule has 0 aromatic heterocycles. The molecule has 2 unspecified atom stereocenters. The lowest BCUT2D eigenvalue weighted by Crippen LogP contribution is -2.40. The van der Waals surface area contributed by atoms with Crippen LogP contribution in [0.2, 0.25) is 0 Å². The van der Waals surface area contributed by atoms with Crippen molar-refractivity contribution >= 4 is 29.9 Å². The van der Waals surface area contributed by atoms with Crippen molar-refractivity contribution in [2.45, 2.75) is 45.6 Å². The van der Waals surface area contributed by atoms with E-state index >= 15 is 0 Å². The molecule has 1 saturated carbocycles. The van der Waals surface area contributed by atoms with E-state index in [2.05, 4.69) is 29.5 Å². The maximum atomic E-state index is 13.9. The molecular weight excluding hydrogens is 392 g/mol. The smallest absolute Gasteiger partial charge is 0.191 e. The van der Waals surface area contributed by atoms with Gasteiger partial charge in [0.25, 0.3) is 0 Å². The lowest BCUT2D eigenvalue weighted by atomic mass is 9.84. The highest BCUT2D eigenvalue weighted by molar-refractivity contribution is 14.0. The van der Waals surface area contributed by atoms with Gasteiger partial charge in [-0.2, -0.15) is 0 Å². The molecule has 0 saturated heterocycles. The molecule has 0 heterocycles. The molecule has 0 radical (unpaired) electrons. The van der Waals surface area contributed by atoms with Gasteiger partial charge in [0.1, 0.15) is 5.82 Å². The first-order chi connectivity index (χ1) is 9.94. The van der Waals surface area contributed by atoms with Crippen LogP contribution in [0.25, 0.3) is 0 Å². The summed E-state index contributed by atoms with van der Waals surface area (Å²) in [5.41, 5.74) is 0.382. The van der Waals surface area contributed by atoms with Gasteiger partial charge in [-0.05, 0) is 30.9 Å².